The van der Waals surface area contributed by atoms with Gasteiger partial charge in [-0.1, -0.05) is 207 Å². The van der Waals surface area contributed by atoms with Crippen LogP contribution in [0, 0.1) is 0 Å². The molecule has 0 aliphatic carbocycles. The smallest absolute Gasteiger partial charge is 0.268 e. The molecule has 0 rings (SSSR count). The topological polar surface area (TPSA) is 108 Å². The lowest BCUT2D eigenvalue weighted by Crippen LogP contribution is -2.46. The second-order valence-electron chi connectivity index (χ2n) is 18.1. The third-order valence-electron chi connectivity index (χ3n) is 10.8. The van der Waals surface area contributed by atoms with Crippen molar-refractivity contribution in [1.29, 1.82) is 0 Å². The molecule has 3 atom stereocenters. The zero-order valence-electron chi connectivity index (χ0n) is 42.1. The average Bonchev–Trinajstić information content (AvgIpc) is 3.26. The number of aliphatic hydroxyl groups excluding tert-OH is 1. The summed E-state index contributed by atoms with van der Waals surface area (Å²) in [5.74, 6) is -0.182. The SMILES string of the molecule is CC/C=C\C/C=C\C/C=C\C/C=C\C/C=C\C/C=C\C/C=C\C/C=C\C/C=C\CCCCCCCCCCCC(=O)NC(COP(=O)([O-])OCC[N+](C)(C)C)C(O)CCCCCCCC. The molecule has 0 saturated carbocycles. The molecule has 8 nitrogen and oxygen atoms in total. The maximum Gasteiger partial charge on any atom is 0.268 e. The first-order chi connectivity index (χ1) is 31.5. The predicted octanol–water partition coefficient (Wildman–Crippen LogP) is 14.6. The highest BCUT2D eigenvalue weighted by Gasteiger charge is 2.24. The molecule has 0 spiro atoms. The van der Waals surface area contributed by atoms with Gasteiger partial charge in [-0.3, -0.25) is 9.36 Å². The summed E-state index contributed by atoms with van der Waals surface area (Å²) < 4.78 is 23.1. The van der Waals surface area contributed by atoms with Gasteiger partial charge >= 0.3 is 0 Å². The van der Waals surface area contributed by atoms with Crippen molar-refractivity contribution in [2.24, 2.45) is 0 Å². The standard InChI is InChI=1S/C56H97N2O6P/c1-6-8-10-12-14-15-16-17-18-19-20-21-22-23-24-25-26-27-28-29-30-31-32-33-34-35-36-37-38-39-40-41-42-43-44-46-48-50-56(60)57-54(55(59)49-47-45-13-11-9-7-2)53-64-65(61,62)63-52-51-58(3,4)5/h8,10,14-15,17-18,20-21,23-24,26-27,29-30,32-33,35-36,54-55,59H,6-7,9,11-13,16,19,22,25,28,31,34,37-53H2,1-5H3,(H-,57,60,61,62)/b10-8-,15-14-,18-17-,21-20-,24-23-,27-26-,30-29-,33-32-,36-35-. The lowest BCUT2D eigenvalue weighted by atomic mass is 10.0. The van der Waals surface area contributed by atoms with Gasteiger partial charge in [0.15, 0.2) is 0 Å². The van der Waals surface area contributed by atoms with Crippen LogP contribution in [0.1, 0.15) is 187 Å². The Balaban J connectivity index is 3.98. The van der Waals surface area contributed by atoms with Gasteiger partial charge < -0.3 is 28.8 Å². The van der Waals surface area contributed by atoms with Gasteiger partial charge in [0.2, 0.25) is 5.91 Å². The molecule has 0 radical (unpaired) electrons. The highest BCUT2D eigenvalue weighted by Crippen LogP contribution is 2.38. The van der Waals surface area contributed by atoms with Crippen molar-refractivity contribution in [1.82, 2.24) is 5.32 Å². The molecule has 0 aliphatic heterocycles. The van der Waals surface area contributed by atoms with Crippen LogP contribution in [-0.4, -0.2) is 68.5 Å². The van der Waals surface area contributed by atoms with Gasteiger partial charge in [0, 0.05) is 6.42 Å². The summed E-state index contributed by atoms with van der Waals surface area (Å²) in [4.78, 5) is 25.2. The van der Waals surface area contributed by atoms with Crippen LogP contribution < -0.4 is 10.2 Å². The van der Waals surface area contributed by atoms with Crippen molar-refractivity contribution in [3.05, 3.63) is 109 Å². The van der Waals surface area contributed by atoms with E-state index in [4.69, 9.17) is 9.05 Å². The quantitative estimate of drug-likeness (QED) is 0.0273. The van der Waals surface area contributed by atoms with Crippen molar-refractivity contribution in [3.63, 3.8) is 0 Å². The Bertz CT molecular complexity index is 1420. The fourth-order valence-corrected chi connectivity index (χ4v) is 7.46. The van der Waals surface area contributed by atoms with Crippen LogP contribution in [0.2, 0.25) is 0 Å². The minimum Gasteiger partial charge on any atom is -0.756 e. The lowest BCUT2D eigenvalue weighted by Gasteiger charge is -2.30. The molecule has 0 fully saturated rings. The molecule has 0 aromatic rings. The number of rotatable bonds is 45. The van der Waals surface area contributed by atoms with Gasteiger partial charge in [-0.25, -0.2) is 0 Å². The van der Waals surface area contributed by atoms with Gasteiger partial charge in [0.05, 0.1) is 39.9 Å². The van der Waals surface area contributed by atoms with Crippen molar-refractivity contribution < 1.29 is 32.9 Å². The van der Waals surface area contributed by atoms with E-state index in [0.29, 0.717) is 23.9 Å². The van der Waals surface area contributed by atoms with Gasteiger partial charge in [-0.2, -0.15) is 0 Å². The molecule has 3 unspecified atom stereocenters. The number of unbranched alkanes of at least 4 members (excludes halogenated alkanes) is 14. The largest absolute Gasteiger partial charge is 0.756 e. The number of nitrogens with zero attached hydrogens (tertiary/aromatic N) is 1. The molecule has 0 bridgehead atoms. The van der Waals surface area contributed by atoms with E-state index in [-0.39, 0.29) is 19.1 Å². The van der Waals surface area contributed by atoms with Gasteiger partial charge in [0.25, 0.3) is 7.82 Å². The molecular formula is C56H97N2O6P. The van der Waals surface area contributed by atoms with Gasteiger partial charge in [-0.15, -0.1) is 0 Å². The van der Waals surface area contributed by atoms with E-state index in [0.717, 1.165) is 103 Å². The first kappa shape index (κ1) is 62.2. The summed E-state index contributed by atoms with van der Waals surface area (Å²) in [6, 6.07) is -0.807. The van der Waals surface area contributed by atoms with Crippen molar-refractivity contribution >= 4 is 13.7 Å². The highest BCUT2D eigenvalue weighted by molar-refractivity contribution is 7.45. The molecular weight excluding hydrogens is 828 g/mol. The number of aliphatic hydroxyl groups is 1. The highest BCUT2D eigenvalue weighted by atomic mass is 31.2. The summed E-state index contributed by atoms with van der Waals surface area (Å²) in [6.45, 7) is 4.50. The van der Waals surface area contributed by atoms with Crippen molar-refractivity contribution in [2.75, 3.05) is 40.9 Å². The number of hydrogen-bond donors (Lipinski definition) is 2. The summed E-state index contributed by atoms with van der Waals surface area (Å²) in [6.07, 6.45) is 67.2. The molecule has 2 N–H and O–H groups in total. The Labute approximate surface area is 400 Å². The fraction of sp³-hybridized carbons (Fsp3) is 0.661. The van der Waals surface area contributed by atoms with Crippen LogP contribution in [0.15, 0.2) is 109 Å². The van der Waals surface area contributed by atoms with E-state index in [9.17, 15) is 19.4 Å². The van der Waals surface area contributed by atoms with Crippen LogP contribution in [0.5, 0.6) is 0 Å². The number of amides is 1. The molecule has 372 valence electrons. The van der Waals surface area contributed by atoms with Crippen molar-refractivity contribution in [3.8, 4) is 0 Å². The van der Waals surface area contributed by atoms with E-state index in [1.54, 1.807) is 0 Å². The third-order valence-corrected chi connectivity index (χ3v) is 11.7. The van der Waals surface area contributed by atoms with Crippen molar-refractivity contribution in [2.45, 2.75) is 199 Å². The maximum atomic E-state index is 12.8. The minimum atomic E-state index is -4.56. The normalized spacial score (nSPS) is 15.0. The Morgan fingerprint density at radius 1 is 0.554 bits per heavy atom. The first-order valence-corrected chi connectivity index (χ1v) is 27.2. The second-order valence-corrected chi connectivity index (χ2v) is 19.6. The average molecular weight is 925 g/mol. The molecule has 0 aliphatic rings. The van der Waals surface area contributed by atoms with Crippen LogP contribution in [0.3, 0.4) is 0 Å². The minimum absolute atomic E-state index is 0.00499. The molecule has 9 heteroatoms. The zero-order chi connectivity index (χ0) is 47.8. The Morgan fingerprint density at radius 2 is 0.938 bits per heavy atom. The molecule has 0 heterocycles. The van der Waals surface area contributed by atoms with Crippen LogP contribution in [0.4, 0.5) is 0 Å². The molecule has 0 aromatic heterocycles. The lowest BCUT2D eigenvalue weighted by molar-refractivity contribution is -0.870. The summed E-state index contributed by atoms with van der Waals surface area (Å²) in [7, 11) is 1.28. The monoisotopic (exact) mass is 925 g/mol. The first-order valence-electron chi connectivity index (χ1n) is 25.7. The van der Waals surface area contributed by atoms with E-state index in [1.807, 2.05) is 21.1 Å². The molecule has 0 saturated heterocycles. The number of nitrogens with one attached hydrogen (secondary N) is 1. The Morgan fingerprint density at radius 3 is 1.37 bits per heavy atom. The number of hydrogen-bond acceptors (Lipinski definition) is 6. The predicted molar refractivity (Wildman–Crippen MR) is 279 cm³/mol. The number of carbonyl (C=O) groups is 1. The Kier molecular flexibility index (Phi) is 44.3. The van der Waals surface area contributed by atoms with E-state index in [2.05, 4.69) is 129 Å². The maximum absolute atomic E-state index is 12.8. The van der Waals surface area contributed by atoms with Gasteiger partial charge in [0.1, 0.15) is 13.2 Å². The fourth-order valence-electron chi connectivity index (χ4n) is 6.74. The number of carbonyl (C=O) groups excluding carboxylic acids is 1. The number of phosphoric acid groups is 1. The van der Waals surface area contributed by atoms with E-state index in [1.165, 1.54) is 57.8 Å². The molecule has 65 heavy (non-hydrogen) atoms. The van der Waals surface area contributed by atoms with Crippen LogP contribution >= 0.6 is 7.82 Å². The number of likely N-dealkylation sites (N-methyl/N-ethyl adjacent to an activating group) is 1. The second kappa shape index (κ2) is 46.3. The van der Waals surface area contributed by atoms with Gasteiger partial charge in [-0.05, 0) is 83.5 Å². The summed E-state index contributed by atoms with van der Waals surface area (Å²) >= 11 is 0. The number of phosphoric ester groups is 1. The zero-order valence-corrected chi connectivity index (χ0v) is 43.0. The summed E-state index contributed by atoms with van der Waals surface area (Å²) in [5.41, 5.74) is 0. The molecule has 1 amide bonds. The van der Waals surface area contributed by atoms with E-state index < -0.39 is 20.0 Å². The van der Waals surface area contributed by atoms with E-state index >= 15 is 0 Å². The van der Waals surface area contributed by atoms with Crippen LogP contribution in [-0.2, 0) is 18.4 Å². The number of allylic oxidation sites excluding steroid dienone is 18. The van der Waals surface area contributed by atoms with Crippen LogP contribution in [0.25, 0.3) is 0 Å². The molecule has 0 aromatic carbocycles. The number of quaternary nitrogens is 1. The Hall–Kier alpha value is -2.84. The third kappa shape index (κ3) is 48.9. The summed E-state index contributed by atoms with van der Waals surface area (Å²) in [5, 5.41) is 13.8.